The van der Waals surface area contributed by atoms with Crippen LogP contribution in [-0.4, -0.2) is 35.0 Å². The minimum absolute atomic E-state index is 0.0772. The molecule has 126 valence electrons. The van der Waals surface area contributed by atoms with E-state index in [1.807, 2.05) is 30.5 Å². The Bertz CT molecular complexity index is 762. The molecule has 2 aromatic rings. The standard InChI is InChI=1S/C18H22N4O2/c1-13-14(2)22(11-15-6-5-9-24-15)18(16(13)10-19)20-17(23)12-21-7-3-4-8-21/h5-6,9H,3-4,7-8,11-12H2,1-2H3,(H,20,23). The Hall–Kier alpha value is -2.52. The van der Waals surface area contributed by atoms with Crippen LogP contribution in [-0.2, 0) is 11.3 Å². The Morgan fingerprint density at radius 2 is 2.12 bits per heavy atom. The fourth-order valence-electron chi connectivity index (χ4n) is 3.20. The van der Waals surface area contributed by atoms with E-state index in [-0.39, 0.29) is 5.91 Å². The molecular formula is C18H22N4O2. The predicted octanol–water partition coefficient (Wildman–Crippen LogP) is 2.65. The van der Waals surface area contributed by atoms with Crippen molar-refractivity contribution in [2.45, 2.75) is 33.2 Å². The number of hydrogen-bond acceptors (Lipinski definition) is 4. The molecule has 0 atom stereocenters. The average Bonchev–Trinajstić information content (AvgIpc) is 3.28. The number of aromatic nitrogens is 1. The third-order valence-electron chi connectivity index (χ3n) is 4.66. The molecule has 2 aromatic heterocycles. The first-order valence-corrected chi connectivity index (χ1v) is 8.24. The van der Waals surface area contributed by atoms with Crippen LogP contribution in [0.25, 0.3) is 0 Å². The molecule has 1 aliphatic rings. The van der Waals surface area contributed by atoms with E-state index < -0.39 is 0 Å². The molecule has 0 radical (unpaired) electrons. The van der Waals surface area contributed by atoms with Gasteiger partial charge in [0.2, 0.25) is 5.91 Å². The van der Waals surface area contributed by atoms with Crippen LogP contribution in [0.5, 0.6) is 0 Å². The number of carbonyl (C=O) groups excluding carboxylic acids is 1. The molecule has 1 fully saturated rings. The molecule has 0 saturated carbocycles. The number of carbonyl (C=O) groups is 1. The molecule has 0 aliphatic carbocycles. The van der Waals surface area contributed by atoms with Gasteiger partial charge in [-0.05, 0) is 57.5 Å². The summed E-state index contributed by atoms with van der Waals surface area (Å²) in [5, 5.41) is 12.5. The van der Waals surface area contributed by atoms with Crippen molar-refractivity contribution in [2.75, 3.05) is 25.0 Å². The van der Waals surface area contributed by atoms with Gasteiger partial charge in [0.1, 0.15) is 17.6 Å². The lowest BCUT2D eigenvalue weighted by molar-refractivity contribution is -0.117. The number of hydrogen-bond donors (Lipinski definition) is 1. The van der Waals surface area contributed by atoms with Gasteiger partial charge in [-0.2, -0.15) is 5.26 Å². The van der Waals surface area contributed by atoms with Crippen LogP contribution >= 0.6 is 0 Å². The Kier molecular flexibility index (Phi) is 4.72. The van der Waals surface area contributed by atoms with E-state index >= 15 is 0 Å². The van der Waals surface area contributed by atoms with E-state index in [1.165, 1.54) is 0 Å². The summed E-state index contributed by atoms with van der Waals surface area (Å²) in [6, 6.07) is 5.94. The van der Waals surface area contributed by atoms with Crippen LogP contribution in [0.4, 0.5) is 5.82 Å². The van der Waals surface area contributed by atoms with Crippen LogP contribution in [0, 0.1) is 25.2 Å². The number of amides is 1. The first-order chi connectivity index (χ1) is 11.6. The molecule has 24 heavy (non-hydrogen) atoms. The molecule has 0 aromatic carbocycles. The number of nitrogens with one attached hydrogen (secondary N) is 1. The highest BCUT2D eigenvalue weighted by Gasteiger charge is 2.22. The van der Waals surface area contributed by atoms with Crippen molar-refractivity contribution in [3.05, 3.63) is 41.0 Å². The van der Waals surface area contributed by atoms with Crippen LogP contribution in [0.1, 0.15) is 35.4 Å². The van der Waals surface area contributed by atoms with Crippen molar-refractivity contribution in [3.8, 4) is 6.07 Å². The van der Waals surface area contributed by atoms with E-state index in [2.05, 4.69) is 16.3 Å². The first-order valence-electron chi connectivity index (χ1n) is 8.24. The Morgan fingerprint density at radius 3 is 2.75 bits per heavy atom. The SMILES string of the molecule is Cc1c(C#N)c(NC(=O)CN2CCCC2)n(Cc2ccco2)c1C. The molecule has 6 heteroatoms. The lowest BCUT2D eigenvalue weighted by Crippen LogP contribution is -2.31. The smallest absolute Gasteiger partial charge is 0.239 e. The van der Waals surface area contributed by atoms with Gasteiger partial charge in [0.25, 0.3) is 0 Å². The highest BCUT2D eigenvalue weighted by Crippen LogP contribution is 2.27. The zero-order valence-electron chi connectivity index (χ0n) is 14.1. The quantitative estimate of drug-likeness (QED) is 0.916. The Morgan fingerprint density at radius 1 is 1.38 bits per heavy atom. The summed E-state index contributed by atoms with van der Waals surface area (Å²) in [4.78, 5) is 14.6. The van der Waals surface area contributed by atoms with E-state index in [9.17, 15) is 10.1 Å². The average molecular weight is 326 g/mol. The van der Waals surface area contributed by atoms with Gasteiger partial charge in [0.05, 0.1) is 24.9 Å². The monoisotopic (exact) mass is 326 g/mol. The van der Waals surface area contributed by atoms with Gasteiger partial charge >= 0.3 is 0 Å². The van der Waals surface area contributed by atoms with Gasteiger partial charge < -0.3 is 14.3 Å². The van der Waals surface area contributed by atoms with Gasteiger partial charge in [0.15, 0.2) is 0 Å². The lowest BCUT2D eigenvalue weighted by atomic mass is 10.2. The third kappa shape index (κ3) is 3.22. The normalized spacial score (nSPS) is 14.7. The molecule has 3 rings (SSSR count). The maximum atomic E-state index is 12.4. The van der Waals surface area contributed by atoms with E-state index in [0.29, 0.717) is 24.5 Å². The van der Waals surface area contributed by atoms with Gasteiger partial charge in [-0.1, -0.05) is 0 Å². The predicted molar refractivity (Wildman–Crippen MR) is 90.7 cm³/mol. The van der Waals surface area contributed by atoms with Gasteiger partial charge in [0, 0.05) is 5.69 Å². The molecule has 6 nitrogen and oxygen atoms in total. The molecule has 1 saturated heterocycles. The molecule has 0 spiro atoms. The van der Waals surface area contributed by atoms with E-state index in [1.54, 1.807) is 6.26 Å². The molecular weight excluding hydrogens is 304 g/mol. The second-order valence-corrected chi connectivity index (χ2v) is 6.24. The third-order valence-corrected chi connectivity index (χ3v) is 4.66. The molecule has 1 amide bonds. The molecule has 1 aliphatic heterocycles. The number of anilines is 1. The Balaban J connectivity index is 1.85. The van der Waals surface area contributed by atoms with E-state index in [0.717, 1.165) is 42.9 Å². The Labute approximate surface area is 141 Å². The first kappa shape index (κ1) is 16.3. The second-order valence-electron chi connectivity index (χ2n) is 6.24. The highest BCUT2D eigenvalue weighted by molar-refractivity contribution is 5.93. The van der Waals surface area contributed by atoms with Gasteiger partial charge in [-0.15, -0.1) is 0 Å². The molecule has 0 bridgehead atoms. The van der Waals surface area contributed by atoms with Crippen LogP contribution in [0.15, 0.2) is 22.8 Å². The van der Waals surface area contributed by atoms with Gasteiger partial charge in [-0.3, -0.25) is 9.69 Å². The summed E-state index contributed by atoms with van der Waals surface area (Å²) in [5.74, 6) is 1.27. The summed E-state index contributed by atoms with van der Waals surface area (Å²) < 4.78 is 7.36. The van der Waals surface area contributed by atoms with Gasteiger partial charge in [-0.25, -0.2) is 0 Å². The summed E-state index contributed by atoms with van der Waals surface area (Å²) >= 11 is 0. The molecule has 3 heterocycles. The van der Waals surface area contributed by atoms with Crippen LogP contribution < -0.4 is 5.32 Å². The number of likely N-dealkylation sites (tertiary alicyclic amines) is 1. The topological polar surface area (TPSA) is 74.2 Å². The van der Waals surface area contributed by atoms with Crippen molar-refractivity contribution in [1.29, 1.82) is 5.26 Å². The second kappa shape index (κ2) is 6.93. The van der Waals surface area contributed by atoms with E-state index in [4.69, 9.17) is 4.42 Å². The number of nitrogens with zero attached hydrogens (tertiary/aromatic N) is 3. The molecule has 1 N–H and O–H groups in total. The maximum Gasteiger partial charge on any atom is 0.239 e. The summed E-state index contributed by atoms with van der Waals surface area (Å²) in [6.07, 6.45) is 3.91. The lowest BCUT2D eigenvalue weighted by Gasteiger charge is -2.16. The number of rotatable bonds is 5. The van der Waals surface area contributed by atoms with Crippen molar-refractivity contribution in [1.82, 2.24) is 9.47 Å². The minimum Gasteiger partial charge on any atom is -0.467 e. The van der Waals surface area contributed by atoms with Crippen molar-refractivity contribution in [3.63, 3.8) is 0 Å². The van der Waals surface area contributed by atoms with Crippen LogP contribution in [0.3, 0.4) is 0 Å². The molecule has 0 unspecified atom stereocenters. The largest absolute Gasteiger partial charge is 0.467 e. The number of nitriles is 1. The fraction of sp³-hybridized carbons (Fsp3) is 0.444. The zero-order chi connectivity index (χ0) is 17.1. The van der Waals surface area contributed by atoms with Crippen molar-refractivity contribution >= 4 is 11.7 Å². The van der Waals surface area contributed by atoms with Crippen molar-refractivity contribution in [2.24, 2.45) is 0 Å². The maximum absolute atomic E-state index is 12.4. The number of furan rings is 1. The summed E-state index contributed by atoms with van der Waals surface area (Å²) in [5.41, 5.74) is 2.37. The van der Waals surface area contributed by atoms with Crippen LogP contribution in [0.2, 0.25) is 0 Å². The summed E-state index contributed by atoms with van der Waals surface area (Å²) in [6.45, 7) is 6.64. The zero-order valence-corrected chi connectivity index (χ0v) is 14.1. The summed E-state index contributed by atoms with van der Waals surface area (Å²) in [7, 11) is 0. The highest BCUT2D eigenvalue weighted by atomic mass is 16.3. The van der Waals surface area contributed by atoms with Crippen molar-refractivity contribution < 1.29 is 9.21 Å². The minimum atomic E-state index is -0.0772. The fourth-order valence-corrected chi connectivity index (χ4v) is 3.20.